The van der Waals surface area contributed by atoms with Crippen molar-refractivity contribution in [1.29, 1.82) is 0 Å². The predicted molar refractivity (Wildman–Crippen MR) is 99.7 cm³/mol. The third kappa shape index (κ3) is 5.27. The highest BCUT2D eigenvalue weighted by molar-refractivity contribution is 5.46. The highest BCUT2D eigenvalue weighted by Crippen LogP contribution is 2.32. The van der Waals surface area contributed by atoms with E-state index in [0.29, 0.717) is 6.61 Å². The van der Waals surface area contributed by atoms with Gasteiger partial charge in [0.15, 0.2) is 11.5 Å². The minimum Gasteiger partial charge on any atom is -0.493 e. The van der Waals surface area contributed by atoms with Crippen molar-refractivity contribution in [2.75, 3.05) is 13.7 Å². The number of hydrogen-bond donors (Lipinski definition) is 1. The minimum absolute atomic E-state index is 0.551. The summed E-state index contributed by atoms with van der Waals surface area (Å²) in [6.45, 7) is 6.71. The SMILES string of the molecule is CCCCCNCc1cccc(OC)c1OCc1ccccc1C. The minimum atomic E-state index is 0.551. The summed E-state index contributed by atoms with van der Waals surface area (Å²) in [6.07, 6.45) is 3.72. The quantitative estimate of drug-likeness (QED) is 0.632. The zero-order valence-corrected chi connectivity index (χ0v) is 15.1. The molecule has 1 N–H and O–H groups in total. The van der Waals surface area contributed by atoms with Crippen LogP contribution in [0.5, 0.6) is 11.5 Å². The van der Waals surface area contributed by atoms with Crippen LogP contribution in [0.15, 0.2) is 42.5 Å². The van der Waals surface area contributed by atoms with Crippen molar-refractivity contribution in [3.05, 3.63) is 59.2 Å². The van der Waals surface area contributed by atoms with E-state index in [1.807, 2.05) is 24.3 Å². The summed E-state index contributed by atoms with van der Waals surface area (Å²) in [4.78, 5) is 0. The van der Waals surface area contributed by atoms with Gasteiger partial charge in [-0.1, -0.05) is 56.2 Å². The molecule has 3 nitrogen and oxygen atoms in total. The van der Waals surface area contributed by atoms with Crippen LogP contribution in [0.3, 0.4) is 0 Å². The first-order chi connectivity index (χ1) is 11.8. The van der Waals surface area contributed by atoms with Gasteiger partial charge in [-0.15, -0.1) is 0 Å². The van der Waals surface area contributed by atoms with Gasteiger partial charge in [-0.2, -0.15) is 0 Å². The van der Waals surface area contributed by atoms with Crippen molar-refractivity contribution < 1.29 is 9.47 Å². The van der Waals surface area contributed by atoms with E-state index >= 15 is 0 Å². The molecule has 0 aliphatic heterocycles. The van der Waals surface area contributed by atoms with Crippen molar-refractivity contribution in [2.24, 2.45) is 0 Å². The summed E-state index contributed by atoms with van der Waals surface area (Å²) in [5.41, 5.74) is 3.58. The van der Waals surface area contributed by atoms with Crippen molar-refractivity contribution in [3.63, 3.8) is 0 Å². The molecule has 0 saturated heterocycles. The monoisotopic (exact) mass is 327 g/mol. The molecule has 0 heterocycles. The fourth-order valence-electron chi connectivity index (χ4n) is 2.67. The number of unbranched alkanes of at least 4 members (excludes halogenated alkanes) is 2. The molecular formula is C21H29NO2. The maximum absolute atomic E-state index is 6.14. The standard InChI is InChI=1S/C21H29NO2/c1-4-5-8-14-22-15-18-12-9-13-20(23-3)21(18)24-16-19-11-7-6-10-17(19)2/h6-7,9-13,22H,4-5,8,14-16H2,1-3H3. The van der Waals surface area contributed by atoms with Gasteiger partial charge >= 0.3 is 0 Å². The van der Waals surface area contributed by atoms with Gasteiger partial charge in [0, 0.05) is 12.1 Å². The maximum atomic E-state index is 6.14. The Morgan fingerprint density at radius 1 is 0.958 bits per heavy atom. The van der Waals surface area contributed by atoms with E-state index in [-0.39, 0.29) is 0 Å². The van der Waals surface area contributed by atoms with Crippen molar-refractivity contribution in [3.8, 4) is 11.5 Å². The lowest BCUT2D eigenvalue weighted by molar-refractivity contribution is 0.280. The van der Waals surface area contributed by atoms with Crippen molar-refractivity contribution in [2.45, 2.75) is 46.3 Å². The van der Waals surface area contributed by atoms with Gasteiger partial charge < -0.3 is 14.8 Å². The Morgan fingerprint density at radius 3 is 2.50 bits per heavy atom. The molecule has 2 aromatic carbocycles. The van der Waals surface area contributed by atoms with Crippen LogP contribution < -0.4 is 14.8 Å². The van der Waals surface area contributed by atoms with Gasteiger partial charge in [0.1, 0.15) is 6.61 Å². The number of benzene rings is 2. The maximum Gasteiger partial charge on any atom is 0.166 e. The molecule has 0 amide bonds. The Kier molecular flexibility index (Phi) is 7.63. The highest BCUT2D eigenvalue weighted by Gasteiger charge is 2.11. The Morgan fingerprint density at radius 2 is 1.75 bits per heavy atom. The molecule has 0 spiro atoms. The molecule has 0 atom stereocenters. The number of ether oxygens (including phenoxy) is 2. The van der Waals surface area contributed by atoms with Gasteiger partial charge in [0.25, 0.3) is 0 Å². The molecule has 3 heteroatoms. The highest BCUT2D eigenvalue weighted by atomic mass is 16.5. The average molecular weight is 327 g/mol. The molecule has 0 aliphatic rings. The summed E-state index contributed by atoms with van der Waals surface area (Å²) in [7, 11) is 1.69. The van der Waals surface area contributed by atoms with Crippen LogP contribution in [-0.4, -0.2) is 13.7 Å². The van der Waals surface area contributed by atoms with Gasteiger partial charge in [-0.05, 0) is 37.1 Å². The topological polar surface area (TPSA) is 30.5 Å². The third-order valence-corrected chi connectivity index (χ3v) is 4.19. The molecule has 0 unspecified atom stereocenters. The number of aryl methyl sites for hydroxylation is 1. The Hall–Kier alpha value is -2.00. The Labute approximate surface area is 146 Å². The number of nitrogens with one attached hydrogen (secondary N) is 1. The van der Waals surface area contributed by atoms with Gasteiger partial charge in [-0.3, -0.25) is 0 Å². The zero-order chi connectivity index (χ0) is 17.2. The molecule has 0 saturated carbocycles. The summed E-state index contributed by atoms with van der Waals surface area (Å²) < 4.78 is 11.6. The van der Waals surface area contributed by atoms with E-state index in [0.717, 1.165) is 30.2 Å². The van der Waals surface area contributed by atoms with Crippen molar-refractivity contribution in [1.82, 2.24) is 5.32 Å². The third-order valence-electron chi connectivity index (χ3n) is 4.19. The lowest BCUT2D eigenvalue weighted by Gasteiger charge is -2.16. The van der Waals surface area contributed by atoms with Crippen LogP contribution in [0.4, 0.5) is 0 Å². The number of methoxy groups -OCH3 is 1. The number of para-hydroxylation sites is 1. The molecule has 0 aromatic heterocycles. The smallest absolute Gasteiger partial charge is 0.166 e. The molecule has 24 heavy (non-hydrogen) atoms. The van der Waals surface area contributed by atoms with Crippen LogP contribution in [0.1, 0.15) is 42.9 Å². The van der Waals surface area contributed by atoms with E-state index in [2.05, 4.69) is 37.4 Å². The van der Waals surface area contributed by atoms with Crippen molar-refractivity contribution >= 4 is 0 Å². The first-order valence-corrected chi connectivity index (χ1v) is 8.80. The fraction of sp³-hybridized carbons (Fsp3) is 0.429. The molecule has 2 rings (SSSR count). The van der Waals surface area contributed by atoms with E-state index < -0.39 is 0 Å². The summed E-state index contributed by atoms with van der Waals surface area (Å²) in [5.74, 6) is 1.63. The Bertz CT molecular complexity index is 625. The van der Waals surface area contributed by atoms with E-state index in [9.17, 15) is 0 Å². The van der Waals surface area contributed by atoms with Crippen LogP contribution in [0.25, 0.3) is 0 Å². The molecule has 0 radical (unpaired) electrons. The first kappa shape index (κ1) is 18.3. The summed E-state index contributed by atoms with van der Waals surface area (Å²) in [6, 6.07) is 14.4. The zero-order valence-electron chi connectivity index (χ0n) is 15.1. The van der Waals surface area contributed by atoms with Crippen LogP contribution in [0, 0.1) is 6.92 Å². The Balaban J connectivity index is 2.04. The van der Waals surface area contributed by atoms with Crippen LogP contribution in [-0.2, 0) is 13.2 Å². The first-order valence-electron chi connectivity index (χ1n) is 8.80. The van der Waals surface area contributed by atoms with E-state index in [4.69, 9.17) is 9.47 Å². The second-order valence-electron chi connectivity index (χ2n) is 6.05. The predicted octanol–water partition coefficient (Wildman–Crippen LogP) is 4.86. The second kappa shape index (κ2) is 9.99. The molecule has 0 aliphatic carbocycles. The van der Waals surface area contributed by atoms with Gasteiger partial charge in [-0.25, -0.2) is 0 Å². The molecular weight excluding hydrogens is 298 g/mol. The largest absolute Gasteiger partial charge is 0.493 e. The lowest BCUT2D eigenvalue weighted by Crippen LogP contribution is -2.15. The molecule has 0 fully saturated rings. The van der Waals surface area contributed by atoms with Crippen LogP contribution >= 0.6 is 0 Å². The number of hydrogen-bond acceptors (Lipinski definition) is 3. The molecule has 2 aromatic rings. The molecule has 130 valence electrons. The number of rotatable bonds is 10. The fourth-order valence-corrected chi connectivity index (χ4v) is 2.67. The van der Waals surface area contributed by atoms with E-state index in [1.54, 1.807) is 7.11 Å². The average Bonchev–Trinajstić information content (AvgIpc) is 2.61. The van der Waals surface area contributed by atoms with Crippen LogP contribution in [0.2, 0.25) is 0 Å². The van der Waals surface area contributed by atoms with Gasteiger partial charge in [0.05, 0.1) is 7.11 Å². The lowest BCUT2D eigenvalue weighted by atomic mass is 10.1. The normalized spacial score (nSPS) is 10.6. The second-order valence-corrected chi connectivity index (χ2v) is 6.05. The van der Waals surface area contributed by atoms with Gasteiger partial charge in [0.2, 0.25) is 0 Å². The summed E-state index contributed by atoms with van der Waals surface area (Å²) >= 11 is 0. The van der Waals surface area contributed by atoms with E-state index in [1.165, 1.54) is 30.4 Å². The summed E-state index contributed by atoms with van der Waals surface area (Å²) in [5, 5.41) is 3.50. The molecule has 0 bridgehead atoms.